The molecule has 1 aromatic carbocycles. The highest BCUT2D eigenvalue weighted by Gasteiger charge is 2.22. The number of carbonyl (C=O) groups is 1. The van der Waals surface area contributed by atoms with Crippen LogP contribution in [0.2, 0.25) is 10.0 Å². The van der Waals surface area contributed by atoms with E-state index in [1.54, 1.807) is 13.1 Å². The number of benzene rings is 1. The van der Waals surface area contributed by atoms with Crippen molar-refractivity contribution < 1.29 is 4.79 Å². The summed E-state index contributed by atoms with van der Waals surface area (Å²) in [6.07, 6.45) is 0.792. The van der Waals surface area contributed by atoms with Crippen LogP contribution >= 0.6 is 35.6 Å². The lowest BCUT2D eigenvalue weighted by Gasteiger charge is -2.29. The number of hydrogen-bond donors (Lipinski definition) is 1. The Morgan fingerprint density at radius 2 is 2.17 bits per heavy atom. The first kappa shape index (κ1) is 15.6. The fourth-order valence-electron chi connectivity index (χ4n) is 2.09. The Bertz CT molecular complexity index is 451. The van der Waals surface area contributed by atoms with E-state index in [4.69, 9.17) is 23.2 Å². The number of carbonyl (C=O) groups excluding carboxylic acids is 1. The Morgan fingerprint density at radius 1 is 1.44 bits per heavy atom. The third kappa shape index (κ3) is 3.29. The monoisotopic (exact) mass is 308 g/mol. The Balaban J connectivity index is 0.00000162. The predicted octanol–water partition coefficient (Wildman–Crippen LogP) is 2.52. The van der Waals surface area contributed by atoms with Crippen molar-refractivity contribution in [3.05, 3.63) is 33.3 Å². The standard InChI is InChI=1S/C12H14Cl2N2O.ClH/c1-15-6-12(17)16-3-2-10-8(7-16)4-9(13)5-11(10)14;/h4-5,15H,2-3,6-7H2,1H3;1H. The number of likely N-dealkylation sites (N-methyl/N-ethyl adjacent to an activating group) is 1. The molecule has 0 aliphatic carbocycles. The van der Waals surface area contributed by atoms with Crippen molar-refractivity contribution >= 4 is 41.5 Å². The van der Waals surface area contributed by atoms with E-state index in [0.29, 0.717) is 23.1 Å². The second-order valence-electron chi connectivity index (χ2n) is 4.12. The van der Waals surface area contributed by atoms with E-state index in [1.807, 2.05) is 11.0 Å². The molecule has 0 radical (unpaired) electrons. The summed E-state index contributed by atoms with van der Waals surface area (Å²) in [7, 11) is 1.77. The second-order valence-corrected chi connectivity index (χ2v) is 4.96. The van der Waals surface area contributed by atoms with Crippen LogP contribution in [0.3, 0.4) is 0 Å². The van der Waals surface area contributed by atoms with Crippen molar-refractivity contribution in [1.82, 2.24) is 10.2 Å². The molecule has 1 aliphatic rings. The SMILES string of the molecule is CNCC(=O)N1CCc2c(Cl)cc(Cl)cc2C1.Cl. The molecule has 0 unspecified atom stereocenters. The molecule has 1 aromatic rings. The molecule has 3 nitrogen and oxygen atoms in total. The van der Waals surface area contributed by atoms with Crippen LogP contribution in [-0.4, -0.2) is 30.9 Å². The van der Waals surface area contributed by atoms with Gasteiger partial charge in [-0.05, 0) is 36.7 Å². The molecule has 1 aliphatic heterocycles. The van der Waals surface area contributed by atoms with Crippen molar-refractivity contribution in [2.75, 3.05) is 20.1 Å². The van der Waals surface area contributed by atoms with Crippen LogP contribution in [0.4, 0.5) is 0 Å². The predicted molar refractivity (Wildman–Crippen MR) is 76.8 cm³/mol. The van der Waals surface area contributed by atoms with Crippen LogP contribution in [0, 0.1) is 0 Å². The minimum absolute atomic E-state index is 0. The van der Waals surface area contributed by atoms with Gasteiger partial charge in [-0.3, -0.25) is 4.79 Å². The summed E-state index contributed by atoms with van der Waals surface area (Å²) >= 11 is 12.1. The van der Waals surface area contributed by atoms with Gasteiger partial charge in [-0.25, -0.2) is 0 Å². The van der Waals surface area contributed by atoms with Crippen LogP contribution < -0.4 is 5.32 Å². The van der Waals surface area contributed by atoms with Crippen molar-refractivity contribution in [3.8, 4) is 0 Å². The van der Waals surface area contributed by atoms with E-state index >= 15 is 0 Å². The van der Waals surface area contributed by atoms with Gasteiger partial charge in [0.05, 0.1) is 6.54 Å². The number of hydrogen-bond acceptors (Lipinski definition) is 2. The zero-order valence-corrected chi connectivity index (χ0v) is 12.3. The maximum Gasteiger partial charge on any atom is 0.236 e. The Morgan fingerprint density at radius 3 is 2.83 bits per heavy atom. The van der Waals surface area contributed by atoms with Gasteiger partial charge in [-0.1, -0.05) is 23.2 Å². The fourth-order valence-corrected chi connectivity index (χ4v) is 2.72. The molecule has 6 heteroatoms. The molecule has 100 valence electrons. The molecule has 2 rings (SSSR count). The Hall–Kier alpha value is -0.480. The smallest absolute Gasteiger partial charge is 0.236 e. The first-order chi connectivity index (χ1) is 8.11. The molecule has 1 amide bonds. The van der Waals surface area contributed by atoms with Gasteiger partial charge in [0.1, 0.15) is 0 Å². The molecule has 0 spiro atoms. The van der Waals surface area contributed by atoms with Gasteiger partial charge in [0.25, 0.3) is 0 Å². The lowest BCUT2D eigenvalue weighted by Crippen LogP contribution is -2.40. The average molecular weight is 310 g/mol. The molecular weight excluding hydrogens is 295 g/mol. The maximum absolute atomic E-state index is 11.8. The highest BCUT2D eigenvalue weighted by molar-refractivity contribution is 6.35. The highest BCUT2D eigenvalue weighted by Crippen LogP contribution is 2.29. The average Bonchev–Trinajstić information content (AvgIpc) is 2.28. The van der Waals surface area contributed by atoms with Gasteiger partial charge in [-0.15, -0.1) is 12.4 Å². The number of rotatable bonds is 2. The molecule has 1 heterocycles. The van der Waals surface area contributed by atoms with Gasteiger partial charge in [0.2, 0.25) is 5.91 Å². The lowest BCUT2D eigenvalue weighted by atomic mass is 9.99. The summed E-state index contributed by atoms with van der Waals surface area (Å²) in [4.78, 5) is 13.6. The molecule has 0 saturated heterocycles. The minimum Gasteiger partial charge on any atom is -0.337 e. The first-order valence-corrected chi connectivity index (χ1v) is 6.26. The summed E-state index contributed by atoms with van der Waals surface area (Å²) in [5, 5.41) is 4.19. The van der Waals surface area contributed by atoms with Crippen molar-refractivity contribution in [2.24, 2.45) is 0 Å². The Labute approximate surface area is 123 Å². The number of fused-ring (bicyclic) bond motifs is 1. The van der Waals surface area contributed by atoms with Gasteiger partial charge in [0, 0.05) is 23.1 Å². The van der Waals surface area contributed by atoms with E-state index < -0.39 is 0 Å². The molecule has 18 heavy (non-hydrogen) atoms. The number of nitrogens with one attached hydrogen (secondary N) is 1. The number of halogens is 3. The van der Waals surface area contributed by atoms with E-state index in [9.17, 15) is 4.79 Å². The van der Waals surface area contributed by atoms with E-state index in [0.717, 1.165) is 24.1 Å². The third-order valence-corrected chi connectivity index (χ3v) is 3.48. The van der Waals surface area contributed by atoms with Gasteiger partial charge >= 0.3 is 0 Å². The number of nitrogens with zero attached hydrogens (tertiary/aromatic N) is 1. The van der Waals surface area contributed by atoms with E-state index in [-0.39, 0.29) is 18.3 Å². The second kappa shape index (κ2) is 6.62. The molecule has 0 saturated carbocycles. The largest absolute Gasteiger partial charge is 0.337 e. The minimum atomic E-state index is 0. The maximum atomic E-state index is 11.8. The van der Waals surface area contributed by atoms with Crippen molar-refractivity contribution in [2.45, 2.75) is 13.0 Å². The van der Waals surface area contributed by atoms with Crippen molar-refractivity contribution in [1.29, 1.82) is 0 Å². The first-order valence-electron chi connectivity index (χ1n) is 5.51. The van der Waals surface area contributed by atoms with E-state index in [2.05, 4.69) is 5.32 Å². The van der Waals surface area contributed by atoms with E-state index in [1.165, 1.54) is 0 Å². The normalized spacial score (nSPS) is 13.8. The van der Waals surface area contributed by atoms with Crippen LogP contribution in [-0.2, 0) is 17.8 Å². The summed E-state index contributed by atoms with van der Waals surface area (Å²) < 4.78 is 0. The van der Waals surface area contributed by atoms with Gasteiger partial charge < -0.3 is 10.2 Å². The third-order valence-electron chi connectivity index (χ3n) is 2.93. The Kier molecular flexibility index (Phi) is 5.73. The van der Waals surface area contributed by atoms with Crippen molar-refractivity contribution in [3.63, 3.8) is 0 Å². The molecule has 0 bridgehead atoms. The molecule has 0 aromatic heterocycles. The molecule has 0 atom stereocenters. The number of amides is 1. The zero-order chi connectivity index (χ0) is 12.4. The van der Waals surface area contributed by atoms with Crippen LogP contribution in [0.25, 0.3) is 0 Å². The molecular formula is C12H15Cl3N2O. The highest BCUT2D eigenvalue weighted by atomic mass is 35.5. The summed E-state index contributed by atoms with van der Waals surface area (Å²) in [6, 6.07) is 3.65. The summed E-state index contributed by atoms with van der Waals surface area (Å²) in [5.74, 6) is 0.106. The van der Waals surface area contributed by atoms with Gasteiger partial charge in [0.15, 0.2) is 0 Å². The summed E-state index contributed by atoms with van der Waals surface area (Å²) in [5.41, 5.74) is 2.17. The fraction of sp³-hybridized carbons (Fsp3) is 0.417. The zero-order valence-electron chi connectivity index (χ0n) is 10.0. The molecule has 1 N–H and O–H groups in total. The van der Waals surface area contributed by atoms with Crippen LogP contribution in [0.5, 0.6) is 0 Å². The lowest BCUT2D eigenvalue weighted by molar-refractivity contribution is -0.131. The summed E-state index contributed by atoms with van der Waals surface area (Å²) in [6.45, 7) is 1.68. The van der Waals surface area contributed by atoms with Crippen LogP contribution in [0.15, 0.2) is 12.1 Å². The topological polar surface area (TPSA) is 32.3 Å². The quantitative estimate of drug-likeness (QED) is 0.910. The van der Waals surface area contributed by atoms with Crippen LogP contribution in [0.1, 0.15) is 11.1 Å². The van der Waals surface area contributed by atoms with Gasteiger partial charge in [-0.2, -0.15) is 0 Å². The molecule has 0 fully saturated rings.